The van der Waals surface area contributed by atoms with Gasteiger partial charge in [0, 0.05) is 43.1 Å². The fourth-order valence-electron chi connectivity index (χ4n) is 3.55. The first-order valence-corrected chi connectivity index (χ1v) is 8.00. The van der Waals surface area contributed by atoms with Crippen LogP contribution >= 0.6 is 0 Å². The van der Waals surface area contributed by atoms with E-state index in [1.54, 1.807) is 0 Å². The first kappa shape index (κ1) is 14.1. The summed E-state index contributed by atoms with van der Waals surface area (Å²) >= 11 is 0. The van der Waals surface area contributed by atoms with Gasteiger partial charge in [0.25, 0.3) is 0 Å². The van der Waals surface area contributed by atoms with Gasteiger partial charge in [0.1, 0.15) is 0 Å². The second-order valence-corrected chi connectivity index (χ2v) is 6.94. The number of nitrogens with one attached hydrogen (secondary N) is 1. The number of aryl methyl sites for hydroxylation is 1. The molecule has 2 aliphatic rings. The van der Waals surface area contributed by atoms with Crippen molar-refractivity contribution in [1.82, 2.24) is 15.1 Å². The molecule has 3 heterocycles. The van der Waals surface area contributed by atoms with Crippen molar-refractivity contribution in [2.24, 2.45) is 5.92 Å². The number of aromatic nitrogens is 2. The average molecular weight is 277 g/mol. The van der Waals surface area contributed by atoms with Crippen LogP contribution in [-0.2, 0) is 24.2 Å². The van der Waals surface area contributed by atoms with Gasteiger partial charge in [0.05, 0.1) is 6.20 Å². The molecule has 112 valence electrons. The molecule has 1 saturated heterocycles. The Morgan fingerprint density at radius 3 is 3.00 bits per heavy atom. The van der Waals surface area contributed by atoms with Crippen LogP contribution in [0.25, 0.3) is 0 Å². The molecule has 1 fully saturated rings. The second kappa shape index (κ2) is 5.86. The van der Waals surface area contributed by atoms with Gasteiger partial charge in [0.2, 0.25) is 0 Å². The number of hydrogen-bond acceptors (Lipinski definition) is 3. The Labute approximate surface area is 121 Å². The van der Waals surface area contributed by atoms with Crippen LogP contribution in [0.2, 0.25) is 0 Å². The fourth-order valence-corrected chi connectivity index (χ4v) is 3.55. The van der Waals surface area contributed by atoms with E-state index < -0.39 is 0 Å². The molecule has 2 aliphatic heterocycles. The highest BCUT2D eigenvalue weighted by Gasteiger charge is 2.25. The zero-order chi connectivity index (χ0) is 14.0. The van der Waals surface area contributed by atoms with Gasteiger partial charge >= 0.3 is 0 Å². The Balaban J connectivity index is 1.53. The Kier molecular flexibility index (Phi) is 4.13. The van der Waals surface area contributed by atoms with Crippen molar-refractivity contribution in [3.05, 3.63) is 17.5 Å². The summed E-state index contributed by atoms with van der Waals surface area (Å²) in [6, 6.07) is 0. The normalized spacial score (nSPS) is 20.3. The Bertz CT molecular complexity index is 447. The summed E-state index contributed by atoms with van der Waals surface area (Å²) in [5.41, 5.74) is 3.03. The van der Waals surface area contributed by atoms with Crippen LogP contribution in [0.3, 0.4) is 0 Å². The molecule has 4 heteroatoms. The molecule has 0 aromatic carbocycles. The van der Waals surface area contributed by atoms with Gasteiger partial charge in [0.15, 0.2) is 0 Å². The Morgan fingerprint density at radius 1 is 1.40 bits per heavy atom. The van der Waals surface area contributed by atoms with Crippen molar-refractivity contribution in [2.75, 3.05) is 13.2 Å². The lowest BCUT2D eigenvalue weighted by molar-refractivity contribution is 0.0555. The molecule has 0 bridgehead atoms. The van der Waals surface area contributed by atoms with Crippen LogP contribution in [-0.4, -0.2) is 28.5 Å². The zero-order valence-electron chi connectivity index (χ0n) is 12.8. The molecule has 1 aromatic rings. The zero-order valence-corrected chi connectivity index (χ0v) is 12.8. The van der Waals surface area contributed by atoms with E-state index in [1.807, 2.05) is 6.20 Å². The van der Waals surface area contributed by atoms with Crippen LogP contribution in [0.4, 0.5) is 0 Å². The maximum Gasteiger partial charge on any atom is 0.0537 e. The molecule has 0 atom stereocenters. The maximum absolute atomic E-state index is 5.45. The van der Waals surface area contributed by atoms with E-state index in [-0.39, 0.29) is 5.54 Å². The van der Waals surface area contributed by atoms with Crippen molar-refractivity contribution in [1.29, 1.82) is 0 Å². The summed E-state index contributed by atoms with van der Waals surface area (Å²) in [5.74, 6) is 0.809. The monoisotopic (exact) mass is 277 g/mol. The van der Waals surface area contributed by atoms with Gasteiger partial charge in [-0.15, -0.1) is 0 Å². The van der Waals surface area contributed by atoms with Crippen molar-refractivity contribution >= 4 is 0 Å². The molecule has 0 spiro atoms. The van der Waals surface area contributed by atoms with E-state index in [0.717, 1.165) is 32.2 Å². The van der Waals surface area contributed by atoms with Gasteiger partial charge in [-0.1, -0.05) is 0 Å². The van der Waals surface area contributed by atoms with Crippen LogP contribution in [0.5, 0.6) is 0 Å². The molecule has 20 heavy (non-hydrogen) atoms. The summed E-state index contributed by atoms with van der Waals surface area (Å²) < 4.78 is 7.62. The minimum absolute atomic E-state index is 0.190. The number of ether oxygens (including phenoxy) is 1. The van der Waals surface area contributed by atoms with Gasteiger partial charge in [-0.3, -0.25) is 4.68 Å². The summed E-state index contributed by atoms with van der Waals surface area (Å²) in [6.07, 6.45) is 8.16. The first-order valence-electron chi connectivity index (χ1n) is 8.00. The van der Waals surface area contributed by atoms with E-state index in [4.69, 9.17) is 4.74 Å². The number of fused-ring (bicyclic) bond motifs is 1. The molecule has 0 aliphatic carbocycles. The topological polar surface area (TPSA) is 39.1 Å². The lowest BCUT2D eigenvalue weighted by atomic mass is 9.86. The predicted molar refractivity (Wildman–Crippen MR) is 79.6 cm³/mol. The van der Waals surface area contributed by atoms with Crippen LogP contribution in [0, 0.1) is 5.92 Å². The van der Waals surface area contributed by atoms with E-state index in [2.05, 4.69) is 28.9 Å². The minimum Gasteiger partial charge on any atom is -0.381 e. The smallest absolute Gasteiger partial charge is 0.0537 e. The van der Waals surface area contributed by atoms with E-state index in [1.165, 1.54) is 43.4 Å². The summed E-state index contributed by atoms with van der Waals surface area (Å²) in [4.78, 5) is 0. The first-order chi connectivity index (χ1) is 9.64. The van der Waals surface area contributed by atoms with Crippen LogP contribution < -0.4 is 5.32 Å². The highest BCUT2D eigenvalue weighted by atomic mass is 16.5. The molecular weight excluding hydrogens is 250 g/mol. The Hall–Kier alpha value is -0.870. The predicted octanol–water partition coefficient (Wildman–Crippen LogP) is 2.51. The largest absolute Gasteiger partial charge is 0.381 e. The lowest BCUT2D eigenvalue weighted by Gasteiger charge is -2.33. The standard InChI is InChI=1S/C16H27N3O/c1-16(2,10-13-5-8-20-9-6-13)17-11-14-12-18-19-7-3-4-15(14)19/h12-13,17H,3-11H2,1-2H3. The summed E-state index contributed by atoms with van der Waals surface area (Å²) in [5, 5.41) is 8.22. The van der Waals surface area contributed by atoms with E-state index in [0.29, 0.717) is 0 Å². The lowest BCUT2D eigenvalue weighted by Crippen LogP contribution is -2.41. The molecular formula is C16H27N3O. The molecule has 0 amide bonds. The van der Waals surface area contributed by atoms with E-state index >= 15 is 0 Å². The minimum atomic E-state index is 0.190. The van der Waals surface area contributed by atoms with Gasteiger partial charge in [-0.25, -0.2) is 0 Å². The fraction of sp³-hybridized carbons (Fsp3) is 0.812. The van der Waals surface area contributed by atoms with Crippen LogP contribution in [0.15, 0.2) is 6.20 Å². The molecule has 1 aromatic heterocycles. The molecule has 0 radical (unpaired) electrons. The number of rotatable bonds is 5. The van der Waals surface area contributed by atoms with Gasteiger partial charge < -0.3 is 10.1 Å². The molecule has 4 nitrogen and oxygen atoms in total. The quantitative estimate of drug-likeness (QED) is 0.899. The SMILES string of the molecule is CC(C)(CC1CCOCC1)NCc1cnn2c1CCC2. The third-order valence-electron chi connectivity index (χ3n) is 4.72. The molecule has 0 saturated carbocycles. The van der Waals surface area contributed by atoms with Crippen molar-refractivity contribution in [3.63, 3.8) is 0 Å². The summed E-state index contributed by atoms with van der Waals surface area (Å²) in [6.45, 7) is 8.58. The molecule has 1 N–H and O–H groups in total. The van der Waals surface area contributed by atoms with Gasteiger partial charge in [-0.2, -0.15) is 5.10 Å². The van der Waals surface area contributed by atoms with Crippen molar-refractivity contribution in [3.8, 4) is 0 Å². The average Bonchev–Trinajstić information content (AvgIpc) is 3.00. The van der Waals surface area contributed by atoms with Gasteiger partial charge in [-0.05, 0) is 51.9 Å². The van der Waals surface area contributed by atoms with E-state index in [9.17, 15) is 0 Å². The Morgan fingerprint density at radius 2 is 2.20 bits per heavy atom. The van der Waals surface area contributed by atoms with Crippen LogP contribution in [0.1, 0.15) is 50.8 Å². The number of hydrogen-bond donors (Lipinski definition) is 1. The summed E-state index contributed by atoms with van der Waals surface area (Å²) in [7, 11) is 0. The van der Waals surface area contributed by atoms with Crippen molar-refractivity contribution < 1.29 is 4.74 Å². The van der Waals surface area contributed by atoms with Crippen molar-refractivity contribution in [2.45, 2.75) is 64.6 Å². The number of nitrogens with zero attached hydrogens (tertiary/aromatic N) is 2. The maximum atomic E-state index is 5.45. The highest BCUT2D eigenvalue weighted by Crippen LogP contribution is 2.26. The third-order valence-corrected chi connectivity index (χ3v) is 4.72. The molecule has 3 rings (SSSR count). The second-order valence-electron chi connectivity index (χ2n) is 6.94. The third kappa shape index (κ3) is 3.23. The highest BCUT2D eigenvalue weighted by molar-refractivity contribution is 5.20. The molecule has 0 unspecified atom stereocenters.